The SMILES string of the molecule is NC(N)=NC[C@@H](N)CO. The Hall–Kier alpha value is -0.810. The van der Waals surface area contributed by atoms with Gasteiger partial charge in [0.25, 0.3) is 0 Å². The van der Waals surface area contributed by atoms with Crippen LogP contribution in [-0.4, -0.2) is 30.3 Å². The number of nitrogens with two attached hydrogens (primary N) is 3. The van der Waals surface area contributed by atoms with Crippen LogP contribution in [0.4, 0.5) is 0 Å². The van der Waals surface area contributed by atoms with Crippen LogP contribution in [-0.2, 0) is 0 Å². The average Bonchev–Trinajstić information content (AvgIpc) is 1.83. The van der Waals surface area contributed by atoms with Crippen molar-refractivity contribution in [1.82, 2.24) is 0 Å². The van der Waals surface area contributed by atoms with E-state index in [1.165, 1.54) is 0 Å². The average molecular weight is 132 g/mol. The van der Waals surface area contributed by atoms with E-state index in [0.29, 0.717) is 0 Å². The molecule has 0 aliphatic heterocycles. The lowest BCUT2D eigenvalue weighted by Gasteiger charge is -2.01. The number of hydrogen-bond acceptors (Lipinski definition) is 3. The van der Waals surface area contributed by atoms with Crippen molar-refractivity contribution in [3.8, 4) is 0 Å². The largest absolute Gasteiger partial charge is 0.395 e. The van der Waals surface area contributed by atoms with Crippen LogP contribution in [0, 0.1) is 0 Å². The minimum atomic E-state index is -0.355. The molecule has 0 aliphatic carbocycles. The molecule has 9 heavy (non-hydrogen) atoms. The summed E-state index contributed by atoms with van der Waals surface area (Å²) in [5.41, 5.74) is 15.2. The maximum atomic E-state index is 8.37. The number of nitrogens with zero attached hydrogens (tertiary/aromatic N) is 1. The molecule has 0 aromatic heterocycles. The second kappa shape index (κ2) is 4.11. The highest BCUT2D eigenvalue weighted by Gasteiger charge is 1.95. The first-order valence-electron chi connectivity index (χ1n) is 2.58. The molecule has 0 fully saturated rings. The molecular weight excluding hydrogens is 120 g/mol. The molecule has 1 atom stereocenters. The highest BCUT2D eigenvalue weighted by atomic mass is 16.3. The molecule has 0 amide bonds. The van der Waals surface area contributed by atoms with Gasteiger partial charge in [0.2, 0.25) is 0 Å². The van der Waals surface area contributed by atoms with Gasteiger partial charge in [-0.3, -0.25) is 4.99 Å². The van der Waals surface area contributed by atoms with Crippen molar-refractivity contribution in [2.45, 2.75) is 6.04 Å². The molecule has 54 valence electrons. The van der Waals surface area contributed by atoms with E-state index < -0.39 is 0 Å². The summed E-state index contributed by atoms with van der Waals surface area (Å²) < 4.78 is 0. The third kappa shape index (κ3) is 5.05. The fourth-order valence-electron chi connectivity index (χ4n) is 0.280. The van der Waals surface area contributed by atoms with Gasteiger partial charge < -0.3 is 22.3 Å². The molecule has 0 saturated carbocycles. The van der Waals surface area contributed by atoms with Gasteiger partial charge in [0, 0.05) is 6.04 Å². The van der Waals surface area contributed by atoms with Crippen molar-refractivity contribution >= 4 is 5.96 Å². The van der Waals surface area contributed by atoms with Crippen molar-refractivity contribution in [2.75, 3.05) is 13.2 Å². The van der Waals surface area contributed by atoms with E-state index in [-0.39, 0.29) is 25.2 Å². The van der Waals surface area contributed by atoms with E-state index >= 15 is 0 Å². The molecule has 0 aromatic rings. The van der Waals surface area contributed by atoms with Gasteiger partial charge in [0.05, 0.1) is 13.2 Å². The molecule has 0 unspecified atom stereocenters. The molecule has 0 rings (SSSR count). The minimum Gasteiger partial charge on any atom is -0.395 e. The maximum Gasteiger partial charge on any atom is 0.185 e. The van der Waals surface area contributed by atoms with Crippen LogP contribution in [0.15, 0.2) is 4.99 Å². The summed E-state index contributed by atoms with van der Waals surface area (Å²) in [6.07, 6.45) is 0. The number of aliphatic imine (C=N–C) groups is 1. The molecule has 5 heteroatoms. The van der Waals surface area contributed by atoms with Gasteiger partial charge in [0.15, 0.2) is 5.96 Å². The molecule has 0 spiro atoms. The number of guanidine groups is 1. The topological polar surface area (TPSA) is 111 Å². The number of rotatable bonds is 3. The van der Waals surface area contributed by atoms with Crippen molar-refractivity contribution in [1.29, 1.82) is 0 Å². The fourth-order valence-corrected chi connectivity index (χ4v) is 0.280. The molecule has 0 radical (unpaired) electrons. The summed E-state index contributed by atoms with van der Waals surface area (Å²) in [5.74, 6) is -0.00102. The lowest BCUT2D eigenvalue weighted by atomic mass is 10.3. The van der Waals surface area contributed by atoms with Crippen LogP contribution in [0.5, 0.6) is 0 Å². The first kappa shape index (κ1) is 8.19. The summed E-state index contributed by atoms with van der Waals surface area (Å²) in [4.78, 5) is 3.58. The lowest BCUT2D eigenvalue weighted by molar-refractivity contribution is 0.269. The van der Waals surface area contributed by atoms with Gasteiger partial charge in [-0.1, -0.05) is 0 Å². The molecule has 7 N–H and O–H groups in total. The fraction of sp³-hybridized carbons (Fsp3) is 0.750. The molecular formula is C4H12N4O. The minimum absolute atomic E-state index is 0.00102. The highest BCUT2D eigenvalue weighted by Crippen LogP contribution is 1.75. The van der Waals surface area contributed by atoms with E-state index in [9.17, 15) is 0 Å². The zero-order valence-corrected chi connectivity index (χ0v) is 5.12. The Balaban J connectivity index is 3.37. The predicted octanol–water partition coefficient (Wildman–Crippen LogP) is -2.42. The smallest absolute Gasteiger partial charge is 0.185 e. The van der Waals surface area contributed by atoms with Crippen molar-refractivity contribution in [3.05, 3.63) is 0 Å². The second-order valence-corrected chi connectivity index (χ2v) is 1.71. The summed E-state index contributed by atoms with van der Waals surface area (Å²) in [7, 11) is 0. The Kier molecular flexibility index (Phi) is 3.74. The van der Waals surface area contributed by atoms with Crippen LogP contribution in [0.1, 0.15) is 0 Å². The molecule has 0 aromatic carbocycles. The third-order valence-electron chi connectivity index (χ3n) is 0.743. The zero-order chi connectivity index (χ0) is 7.28. The molecule has 0 aliphatic rings. The van der Waals surface area contributed by atoms with Gasteiger partial charge in [-0.15, -0.1) is 0 Å². The van der Waals surface area contributed by atoms with Crippen LogP contribution < -0.4 is 17.2 Å². The third-order valence-corrected chi connectivity index (χ3v) is 0.743. The van der Waals surface area contributed by atoms with Crippen LogP contribution in [0.3, 0.4) is 0 Å². The first-order chi connectivity index (χ1) is 4.16. The van der Waals surface area contributed by atoms with E-state index in [4.69, 9.17) is 22.3 Å². The number of hydrogen-bond donors (Lipinski definition) is 4. The molecule has 0 bridgehead atoms. The van der Waals surface area contributed by atoms with Crippen LogP contribution in [0.2, 0.25) is 0 Å². The van der Waals surface area contributed by atoms with Crippen molar-refractivity contribution < 1.29 is 5.11 Å². The van der Waals surface area contributed by atoms with E-state index in [1.807, 2.05) is 0 Å². The monoisotopic (exact) mass is 132 g/mol. The van der Waals surface area contributed by atoms with Crippen LogP contribution in [0.25, 0.3) is 0 Å². The molecule has 0 heterocycles. The first-order valence-corrected chi connectivity index (χ1v) is 2.58. The lowest BCUT2D eigenvalue weighted by Crippen LogP contribution is -2.31. The Morgan fingerprint density at radius 3 is 2.44 bits per heavy atom. The summed E-state index contributed by atoms with van der Waals surface area (Å²) in [5, 5.41) is 8.37. The van der Waals surface area contributed by atoms with Crippen molar-refractivity contribution in [3.63, 3.8) is 0 Å². The zero-order valence-electron chi connectivity index (χ0n) is 5.12. The van der Waals surface area contributed by atoms with E-state index in [0.717, 1.165) is 0 Å². The van der Waals surface area contributed by atoms with Gasteiger partial charge in [-0.25, -0.2) is 0 Å². The maximum absolute atomic E-state index is 8.37. The predicted molar refractivity (Wildman–Crippen MR) is 35.7 cm³/mol. The van der Waals surface area contributed by atoms with E-state index in [1.54, 1.807) is 0 Å². The quantitative estimate of drug-likeness (QED) is 0.253. The van der Waals surface area contributed by atoms with Gasteiger partial charge in [0.1, 0.15) is 0 Å². The summed E-state index contributed by atoms with van der Waals surface area (Å²) in [6, 6.07) is -0.355. The standard InChI is InChI=1S/C4H12N4O/c5-3(2-9)1-8-4(6)7/h3,9H,1-2,5H2,(H4,6,7,8)/t3-/m1/s1. The Morgan fingerprint density at radius 2 is 2.11 bits per heavy atom. The Morgan fingerprint density at radius 1 is 1.56 bits per heavy atom. The summed E-state index contributed by atoms with van der Waals surface area (Å²) >= 11 is 0. The molecule has 5 nitrogen and oxygen atoms in total. The van der Waals surface area contributed by atoms with E-state index in [2.05, 4.69) is 4.99 Å². The van der Waals surface area contributed by atoms with Crippen LogP contribution >= 0.6 is 0 Å². The van der Waals surface area contributed by atoms with Crippen molar-refractivity contribution in [2.24, 2.45) is 22.2 Å². The number of aliphatic hydroxyl groups excluding tert-OH is 1. The van der Waals surface area contributed by atoms with Gasteiger partial charge in [-0.2, -0.15) is 0 Å². The molecule has 0 saturated heterocycles. The summed E-state index contributed by atoms with van der Waals surface area (Å²) in [6.45, 7) is 0.176. The van der Waals surface area contributed by atoms with Gasteiger partial charge >= 0.3 is 0 Å². The highest BCUT2D eigenvalue weighted by molar-refractivity contribution is 5.75. The normalized spacial score (nSPS) is 12.7. The number of aliphatic hydroxyl groups is 1. The Labute approximate surface area is 53.5 Å². The second-order valence-electron chi connectivity index (χ2n) is 1.71. The van der Waals surface area contributed by atoms with Gasteiger partial charge in [-0.05, 0) is 0 Å². The Bertz CT molecular complexity index is 98.7.